The summed E-state index contributed by atoms with van der Waals surface area (Å²) in [7, 11) is 1.61. The smallest absolute Gasteiger partial charge is 0.161 e. The lowest BCUT2D eigenvalue weighted by atomic mass is 9.72. The normalized spacial score (nSPS) is 24.5. The van der Waals surface area contributed by atoms with E-state index in [2.05, 4.69) is 12.1 Å². The lowest BCUT2D eigenvalue weighted by Gasteiger charge is -2.34. The van der Waals surface area contributed by atoms with Crippen LogP contribution in [0, 0.1) is 5.41 Å². The minimum absolute atomic E-state index is 0.0259. The number of carboxylic acid groups (broad SMARTS) is 1. The quantitative estimate of drug-likeness (QED) is 0.818. The van der Waals surface area contributed by atoms with Crippen molar-refractivity contribution < 1.29 is 24.5 Å². The third-order valence-corrected chi connectivity index (χ3v) is 6.84. The zero-order valence-electron chi connectivity index (χ0n) is 17.6. The summed E-state index contributed by atoms with van der Waals surface area (Å²) < 4.78 is 11.9. The second kappa shape index (κ2) is 7.84. The van der Waals surface area contributed by atoms with E-state index in [1.54, 1.807) is 14.0 Å². The summed E-state index contributed by atoms with van der Waals surface area (Å²) >= 11 is 0. The second-order valence-corrected chi connectivity index (χ2v) is 8.71. The van der Waals surface area contributed by atoms with Crippen LogP contribution < -0.4 is 14.6 Å². The van der Waals surface area contributed by atoms with Crippen LogP contribution in [-0.2, 0) is 12.8 Å². The number of nitrogens with zero attached hydrogens (tertiary/aromatic N) is 1. The Labute approximate surface area is 177 Å². The number of amides is 1. The summed E-state index contributed by atoms with van der Waals surface area (Å²) in [5, 5.41) is 21.9. The van der Waals surface area contributed by atoms with Gasteiger partial charge in [0.05, 0.1) is 13.2 Å². The molecular formula is C24H28NO5-. The molecule has 3 atom stereocenters. The van der Waals surface area contributed by atoms with Crippen LogP contribution in [0.25, 0.3) is 0 Å². The number of carbonyl (C=O) groups is 1. The minimum atomic E-state index is -1.21. The van der Waals surface area contributed by atoms with E-state index in [1.165, 1.54) is 16.0 Å². The maximum absolute atomic E-state index is 11.5. The number of benzene rings is 2. The fourth-order valence-electron chi connectivity index (χ4n) is 4.85. The van der Waals surface area contributed by atoms with Crippen LogP contribution >= 0.6 is 0 Å². The SMILES string of the molecule is COc1ccc(C2CN(C(=O)[O-])CC2(C)C(C)O)cc1OC1Cc2ccccc2C1. The van der Waals surface area contributed by atoms with E-state index in [9.17, 15) is 15.0 Å². The predicted octanol–water partition coefficient (Wildman–Crippen LogP) is 2.37. The van der Waals surface area contributed by atoms with Crippen LogP contribution in [0.15, 0.2) is 42.5 Å². The zero-order valence-corrected chi connectivity index (χ0v) is 17.6. The molecule has 3 unspecified atom stereocenters. The van der Waals surface area contributed by atoms with E-state index in [0.717, 1.165) is 18.4 Å². The lowest BCUT2D eigenvalue weighted by Crippen LogP contribution is -2.42. The molecule has 1 N–H and O–H groups in total. The van der Waals surface area contributed by atoms with Gasteiger partial charge in [-0.3, -0.25) is 0 Å². The number of fused-ring (bicyclic) bond motifs is 1. The molecule has 160 valence electrons. The largest absolute Gasteiger partial charge is 0.530 e. The first-order valence-electron chi connectivity index (χ1n) is 10.4. The Morgan fingerprint density at radius 2 is 1.87 bits per heavy atom. The predicted molar refractivity (Wildman–Crippen MR) is 111 cm³/mol. The highest BCUT2D eigenvalue weighted by molar-refractivity contribution is 5.63. The Morgan fingerprint density at radius 1 is 1.20 bits per heavy atom. The van der Waals surface area contributed by atoms with Gasteiger partial charge in [0.1, 0.15) is 12.2 Å². The molecule has 2 aromatic rings. The van der Waals surface area contributed by atoms with Gasteiger partial charge in [0, 0.05) is 37.3 Å². The number of ether oxygens (including phenoxy) is 2. The van der Waals surface area contributed by atoms with E-state index in [1.807, 2.05) is 37.3 Å². The van der Waals surface area contributed by atoms with Crippen molar-refractivity contribution >= 4 is 6.09 Å². The maximum atomic E-state index is 11.5. The van der Waals surface area contributed by atoms with Crippen LogP contribution in [-0.4, -0.2) is 48.5 Å². The molecule has 6 heteroatoms. The van der Waals surface area contributed by atoms with Crippen molar-refractivity contribution in [2.75, 3.05) is 20.2 Å². The highest BCUT2D eigenvalue weighted by Gasteiger charge is 2.47. The van der Waals surface area contributed by atoms with Crippen molar-refractivity contribution in [2.45, 2.75) is 44.8 Å². The van der Waals surface area contributed by atoms with Gasteiger partial charge in [-0.15, -0.1) is 0 Å². The Morgan fingerprint density at radius 3 is 2.43 bits per heavy atom. The number of methoxy groups -OCH3 is 1. The molecule has 0 bridgehead atoms. The number of aliphatic hydroxyl groups excluding tert-OH is 1. The number of hydrogen-bond donors (Lipinski definition) is 1. The van der Waals surface area contributed by atoms with Gasteiger partial charge in [-0.25, -0.2) is 0 Å². The average molecular weight is 410 g/mol. The molecule has 2 aromatic carbocycles. The van der Waals surface area contributed by atoms with E-state index < -0.39 is 17.6 Å². The van der Waals surface area contributed by atoms with Crippen LogP contribution in [0.2, 0.25) is 0 Å². The number of carbonyl (C=O) groups excluding carboxylic acids is 1. The Bertz CT molecular complexity index is 918. The van der Waals surface area contributed by atoms with Gasteiger partial charge in [-0.2, -0.15) is 0 Å². The number of rotatable bonds is 5. The molecule has 1 heterocycles. The fraction of sp³-hybridized carbons (Fsp3) is 0.458. The molecule has 0 saturated carbocycles. The summed E-state index contributed by atoms with van der Waals surface area (Å²) in [6, 6.07) is 14.1. The molecule has 0 spiro atoms. The van der Waals surface area contributed by atoms with Crippen molar-refractivity contribution in [2.24, 2.45) is 5.41 Å². The van der Waals surface area contributed by atoms with Gasteiger partial charge < -0.3 is 29.4 Å². The zero-order chi connectivity index (χ0) is 21.5. The van der Waals surface area contributed by atoms with Gasteiger partial charge >= 0.3 is 0 Å². The molecule has 1 amide bonds. The summed E-state index contributed by atoms with van der Waals surface area (Å²) in [6.45, 7) is 4.15. The highest BCUT2D eigenvalue weighted by Crippen LogP contribution is 2.47. The molecule has 1 fully saturated rings. The van der Waals surface area contributed by atoms with E-state index >= 15 is 0 Å². The molecular weight excluding hydrogens is 382 g/mol. The van der Waals surface area contributed by atoms with E-state index in [0.29, 0.717) is 11.5 Å². The molecule has 1 aliphatic heterocycles. The standard InChI is InChI=1S/C24H29NO5/c1-15(26)24(2)14-25(23(27)28)13-20(24)18-8-9-21(29-3)22(12-18)30-19-10-16-6-4-5-7-17(16)11-19/h4-9,12,15,19-20,26H,10-11,13-14H2,1-3H3,(H,27,28)/p-1. The van der Waals surface area contributed by atoms with Crippen LogP contribution in [0.4, 0.5) is 4.79 Å². The van der Waals surface area contributed by atoms with Crippen LogP contribution in [0.3, 0.4) is 0 Å². The van der Waals surface area contributed by atoms with Gasteiger partial charge in [0.25, 0.3) is 0 Å². The molecule has 1 saturated heterocycles. The number of aliphatic hydroxyl groups is 1. The first kappa shape index (κ1) is 20.5. The van der Waals surface area contributed by atoms with Gasteiger partial charge in [0.15, 0.2) is 11.5 Å². The molecule has 4 rings (SSSR count). The lowest BCUT2D eigenvalue weighted by molar-refractivity contribution is -0.264. The second-order valence-electron chi connectivity index (χ2n) is 8.71. The Hall–Kier alpha value is -2.73. The van der Waals surface area contributed by atoms with Gasteiger partial charge in [-0.1, -0.05) is 37.3 Å². The summed E-state index contributed by atoms with van der Waals surface area (Å²) in [4.78, 5) is 12.8. The molecule has 0 radical (unpaired) electrons. The minimum Gasteiger partial charge on any atom is -0.530 e. The van der Waals surface area contributed by atoms with Crippen molar-refractivity contribution in [3.05, 3.63) is 59.2 Å². The molecule has 6 nitrogen and oxygen atoms in total. The molecule has 0 aromatic heterocycles. The Balaban J connectivity index is 1.62. The van der Waals surface area contributed by atoms with Gasteiger partial charge in [-0.05, 0) is 35.7 Å². The third kappa shape index (κ3) is 3.60. The van der Waals surface area contributed by atoms with E-state index in [-0.39, 0.29) is 25.1 Å². The topological polar surface area (TPSA) is 82.1 Å². The van der Waals surface area contributed by atoms with Crippen LogP contribution in [0.1, 0.15) is 36.5 Å². The first-order chi connectivity index (χ1) is 14.3. The molecule has 30 heavy (non-hydrogen) atoms. The molecule has 1 aliphatic carbocycles. The van der Waals surface area contributed by atoms with Crippen molar-refractivity contribution in [3.8, 4) is 11.5 Å². The van der Waals surface area contributed by atoms with Gasteiger partial charge in [0.2, 0.25) is 0 Å². The van der Waals surface area contributed by atoms with Crippen LogP contribution in [0.5, 0.6) is 11.5 Å². The summed E-state index contributed by atoms with van der Waals surface area (Å²) in [5.74, 6) is 1.11. The monoisotopic (exact) mass is 410 g/mol. The third-order valence-electron chi connectivity index (χ3n) is 6.84. The summed E-state index contributed by atoms with van der Waals surface area (Å²) in [6.07, 6.45) is -0.174. The van der Waals surface area contributed by atoms with Crippen molar-refractivity contribution in [1.29, 1.82) is 0 Å². The van der Waals surface area contributed by atoms with Crippen molar-refractivity contribution in [1.82, 2.24) is 4.90 Å². The molecule has 2 aliphatic rings. The first-order valence-corrected chi connectivity index (χ1v) is 10.4. The fourth-order valence-corrected chi connectivity index (χ4v) is 4.85. The number of hydrogen-bond acceptors (Lipinski definition) is 5. The van der Waals surface area contributed by atoms with E-state index in [4.69, 9.17) is 9.47 Å². The average Bonchev–Trinajstić information content (AvgIpc) is 3.29. The maximum Gasteiger partial charge on any atom is 0.161 e. The highest BCUT2D eigenvalue weighted by atomic mass is 16.5. The van der Waals surface area contributed by atoms with Crippen molar-refractivity contribution in [3.63, 3.8) is 0 Å². The summed E-state index contributed by atoms with van der Waals surface area (Å²) in [5.41, 5.74) is 2.92. The Kier molecular flexibility index (Phi) is 5.36. The number of likely N-dealkylation sites (tertiary alicyclic amines) is 1.